The number of nitrogens with zero attached hydrogens (tertiary/aromatic N) is 7. The van der Waals surface area contributed by atoms with E-state index in [-0.39, 0.29) is 23.9 Å². The minimum atomic E-state index is -4.58. The largest absolute Gasteiger partial charge is 0.411 e. The molecule has 1 unspecified atom stereocenters. The van der Waals surface area contributed by atoms with E-state index < -0.39 is 24.8 Å². The molecule has 0 saturated heterocycles. The molecule has 0 N–H and O–H groups in total. The Morgan fingerprint density at radius 1 is 1.54 bits per heavy atom. The Kier molecular flexibility index (Phi) is 7.21. The van der Waals surface area contributed by atoms with Crippen molar-refractivity contribution in [3.8, 4) is 5.69 Å². The molecule has 0 spiro atoms. The molecule has 2 aromatic heterocycles. The van der Waals surface area contributed by atoms with Crippen LogP contribution in [0.1, 0.15) is 6.92 Å². The van der Waals surface area contributed by atoms with Gasteiger partial charge in [-0.15, -0.1) is 0 Å². The number of hydrogen-bond acceptors (Lipinski definition) is 5. The zero-order valence-electron chi connectivity index (χ0n) is 14.5. The molecular weight excluding hydrogens is 403 g/mol. The summed E-state index contributed by atoms with van der Waals surface area (Å²) in [5.74, 6) is -0.787. The van der Waals surface area contributed by atoms with Crippen LogP contribution in [0.25, 0.3) is 16.1 Å². The van der Waals surface area contributed by atoms with Gasteiger partial charge in [0.2, 0.25) is 0 Å². The highest BCUT2D eigenvalue weighted by Gasteiger charge is 2.32. The Labute approximate surface area is 162 Å². The smallest absolute Gasteiger partial charge is 0.359 e. The standard InChI is InChI=1S/C15H15ClF3N7O2/c1-10(28-9-15(17,18)19)14(27)25(6-5-22-24-20)12-8-26(23-13(12)16)11-3-2-4-21-7-11/h2-4,7-8,10H,5-6,9H2,1H3. The summed E-state index contributed by atoms with van der Waals surface area (Å²) in [6.07, 6.45) is -1.50. The number of hydrogen-bond donors (Lipinski definition) is 0. The van der Waals surface area contributed by atoms with E-state index in [1.54, 1.807) is 18.3 Å². The van der Waals surface area contributed by atoms with Gasteiger partial charge in [0.1, 0.15) is 18.4 Å². The number of halogens is 4. The molecule has 1 atom stereocenters. The van der Waals surface area contributed by atoms with E-state index in [9.17, 15) is 18.0 Å². The maximum absolute atomic E-state index is 12.6. The van der Waals surface area contributed by atoms with Crippen LogP contribution < -0.4 is 4.90 Å². The summed E-state index contributed by atoms with van der Waals surface area (Å²) in [6.45, 7) is -0.634. The van der Waals surface area contributed by atoms with Crippen molar-refractivity contribution in [2.24, 2.45) is 5.11 Å². The first-order chi connectivity index (χ1) is 13.2. The summed E-state index contributed by atoms with van der Waals surface area (Å²) in [7, 11) is 0. The maximum atomic E-state index is 12.6. The SMILES string of the molecule is CC(OCC(F)(F)F)C(=O)N(CCN=[N+]=[N-])c1cn(-c2cccnc2)nc1Cl. The van der Waals surface area contributed by atoms with Gasteiger partial charge in [-0.05, 0) is 24.6 Å². The molecule has 0 fully saturated rings. The van der Waals surface area contributed by atoms with Gasteiger partial charge in [-0.3, -0.25) is 9.78 Å². The molecule has 0 radical (unpaired) electrons. The molecule has 0 aromatic carbocycles. The third-order valence-electron chi connectivity index (χ3n) is 3.45. The minimum Gasteiger partial charge on any atom is -0.359 e. The van der Waals surface area contributed by atoms with Crippen molar-refractivity contribution < 1.29 is 22.7 Å². The lowest BCUT2D eigenvalue weighted by Gasteiger charge is -2.24. The number of carbonyl (C=O) groups excluding carboxylic acids is 1. The topological polar surface area (TPSA) is 109 Å². The first-order valence-electron chi connectivity index (χ1n) is 7.89. The average molecular weight is 418 g/mol. The third-order valence-corrected chi connectivity index (χ3v) is 3.72. The van der Waals surface area contributed by atoms with Crippen LogP contribution in [0.2, 0.25) is 5.15 Å². The predicted molar refractivity (Wildman–Crippen MR) is 94.2 cm³/mol. The van der Waals surface area contributed by atoms with Crippen LogP contribution >= 0.6 is 11.6 Å². The van der Waals surface area contributed by atoms with Gasteiger partial charge in [-0.1, -0.05) is 16.7 Å². The van der Waals surface area contributed by atoms with Crippen molar-refractivity contribution in [1.82, 2.24) is 14.8 Å². The Hall–Kier alpha value is -2.82. The number of aromatic nitrogens is 3. The molecule has 0 saturated carbocycles. The molecule has 9 nitrogen and oxygen atoms in total. The zero-order valence-corrected chi connectivity index (χ0v) is 15.3. The van der Waals surface area contributed by atoms with Crippen LogP contribution in [-0.4, -0.2) is 52.6 Å². The van der Waals surface area contributed by atoms with Crippen LogP contribution in [0.4, 0.5) is 18.9 Å². The molecule has 28 heavy (non-hydrogen) atoms. The number of azide groups is 1. The summed E-state index contributed by atoms with van der Waals surface area (Å²) >= 11 is 6.13. The van der Waals surface area contributed by atoms with E-state index in [1.165, 1.54) is 24.0 Å². The van der Waals surface area contributed by atoms with Gasteiger partial charge in [-0.25, -0.2) is 4.68 Å². The van der Waals surface area contributed by atoms with Crippen molar-refractivity contribution in [2.75, 3.05) is 24.6 Å². The van der Waals surface area contributed by atoms with E-state index in [4.69, 9.17) is 17.1 Å². The minimum absolute atomic E-state index is 0.0684. The van der Waals surface area contributed by atoms with Crippen LogP contribution in [0.5, 0.6) is 0 Å². The maximum Gasteiger partial charge on any atom is 0.411 e. The Morgan fingerprint density at radius 2 is 2.29 bits per heavy atom. The molecule has 2 rings (SSSR count). The van der Waals surface area contributed by atoms with Crippen LogP contribution in [0.3, 0.4) is 0 Å². The van der Waals surface area contributed by atoms with E-state index in [1.807, 2.05) is 0 Å². The second-order valence-corrected chi connectivity index (χ2v) is 5.83. The van der Waals surface area contributed by atoms with E-state index >= 15 is 0 Å². The highest BCUT2D eigenvalue weighted by Crippen LogP contribution is 2.27. The van der Waals surface area contributed by atoms with Gasteiger partial charge in [0, 0.05) is 24.2 Å². The first-order valence-corrected chi connectivity index (χ1v) is 8.27. The van der Waals surface area contributed by atoms with Gasteiger partial charge in [0.15, 0.2) is 5.15 Å². The Balaban J connectivity index is 2.28. The number of pyridine rings is 1. The molecular formula is C15H15ClF3N7O2. The molecule has 13 heteroatoms. The van der Waals surface area contributed by atoms with Crippen molar-refractivity contribution in [1.29, 1.82) is 0 Å². The van der Waals surface area contributed by atoms with E-state index in [2.05, 4.69) is 24.8 Å². The second kappa shape index (κ2) is 9.40. The number of anilines is 1. The van der Waals surface area contributed by atoms with Gasteiger partial charge < -0.3 is 9.64 Å². The average Bonchev–Trinajstić information content (AvgIpc) is 3.04. The normalized spacial score (nSPS) is 12.3. The Morgan fingerprint density at radius 3 is 2.89 bits per heavy atom. The second-order valence-electron chi connectivity index (χ2n) is 5.47. The van der Waals surface area contributed by atoms with Gasteiger partial charge >= 0.3 is 6.18 Å². The molecule has 1 amide bonds. The van der Waals surface area contributed by atoms with Crippen molar-refractivity contribution in [2.45, 2.75) is 19.2 Å². The highest BCUT2D eigenvalue weighted by molar-refractivity contribution is 6.32. The summed E-state index contributed by atoms with van der Waals surface area (Å²) in [4.78, 5) is 20.3. The van der Waals surface area contributed by atoms with Crippen LogP contribution in [0.15, 0.2) is 35.8 Å². The first kappa shape index (κ1) is 21.5. The molecule has 150 valence electrons. The molecule has 2 aromatic rings. The van der Waals surface area contributed by atoms with E-state index in [0.717, 1.165) is 4.90 Å². The number of ether oxygens (including phenoxy) is 1. The van der Waals surface area contributed by atoms with Gasteiger partial charge in [0.05, 0.1) is 18.1 Å². The molecule has 0 bridgehead atoms. The fraction of sp³-hybridized carbons (Fsp3) is 0.400. The molecule has 0 aliphatic carbocycles. The number of carbonyl (C=O) groups is 1. The monoisotopic (exact) mass is 417 g/mol. The highest BCUT2D eigenvalue weighted by atomic mass is 35.5. The zero-order chi connectivity index (χ0) is 20.7. The summed E-state index contributed by atoms with van der Waals surface area (Å²) < 4.78 is 43.1. The quantitative estimate of drug-likeness (QED) is 0.371. The lowest BCUT2D eigenvalue weighted by molar-refractivity contribution is -0.185. The molecule has 0 aliphatic rings. The summed E-state index contributed by atoms with van der Waals surface area (Å²) in [6, 6.07) is 3.36. The van der Waals surface area contributed by atoms with Crippen molar-refractivity contribution >= 4 is 23.2 Å². The van der Waals surface area contributed by atoms with Crippen molar-refractivity contribution in [3.63, 3.8) is 0 Å². The lowest BCUT2D eigenvalue weighted by atomic mass is 10.3. The van der Waals surface area contributed by atoms with Gasteiger partial charge in [0.25, 0.3) is 5.91 Å². The predicted octanol–water partition coefficient (Wildman–Crippen LogP) is 3.53. The fourth-order valence-corrected chi connectivity index (χ4v) is 2.43. The van der Waals surface area contributed by atoms with Crippen LogP contribution in [-0.2, 0) is 9.53 Å². The third kappa shape index (κ3) is 5.84. The number of alkyl halides is 3. The van der Waals surface area contributed by atoms with Crippen LogP contribution in [0, 0.1) is 0 Å². The summed E-state index contributed by atoms with van der Waals surface area (Å²) in [5.41, 5.74) is 9.12. The van der Waals surface area contributed by atoms with Gasteiger partial charge in [-0.2, -0.15) is 18.3 Å². The Bertz CT molecular complexity index is 853. The number of rotatable bonds is 8. The fourth-order valence-electron chi connectivity index (χ4n) is 2.20. The van der Waals surface area contributed by atoms with Crippen molar-refractivity contribution in [3.05, 3.63) is 46.3 Å². The lowest BCUT2D eigenvalue weighted by Crippen LogP contribution is -2.41. The molecule has 0 aliphatic heterocycles. The number of amides is 1. The van der Waals surface area contributed by atoms with E-state index in [0.29, 0.717) is 5.69 Å². The molecule has 2 heterocycles. The summed E-state index contributed by atoms with van der Waals surface area (Å²) in [5, 5.41) is 7.36.